The van der Waals surface area contributed by atoms with Crippen LogP contribution in [0.4, 0.5) is 0 Å². The van der Waals surface area contributed by atoms with Gasteiger partial charge in [-0.05, 0) is 80.6 Å². The number of nitrogens with zero attached hydrogens (tertiary/aromatic N) is 3. The monoisotopic (exact) mass is 568 g/mol. The van der Waals surface area contributed by atoms with E-state index < -0.39 is 0 Å². The summed E-state index contributed by atoms with van der Waals surface area (Å²) in [4.78, 5) is 33.3. The SMILES string of the molecule is COc1cc(C(C)=NNC(=O)CSc2nc3sc4c(c3c(=O)n2-c2ccc(Cl)cc2)CCCC4)ccc1O. The average Bonchev–Trinajstić information content (AvgIpc) is 3.30. The van der Waals surface area contributed by atoms with Gasteiger partial charge < -0.3 is 9.84 Å². The first kappa shape index (κ1) is 26.3. The number of phenolic OH excluding ortho intramolecular Hbond substituents is 1. The number of aromatic nitrogens is 2. The van der Waals surface area contributed by atoms with E-state index in [0.717, 1.165) is 31.2 Å². The van der Waals surface area contributed by atoms with E-state index in [-0.39, 0.29) is 23.0 Å². The fourth-order valence-corrected chi connectivity index (χ4v) is 6.61. The molecule has 0 saturated heterocycles. The molecule has 0 bridgehead atoms. The molecule has 38 heavy (non-hydrogen) atoms. The van der Waals surface area contributed by atoms with Crippen LogP contribution in [0.2, 0.25) is 5.02 Å². The van der Waals surface area contributed by atoms with Crippen molar-refractivity contribution in [3.05, 3.63) is 73.8 Å². The average molecular weight is 569 g/mol. The lowest BCUT2D eigenvalue weighted by Gasteiger charge is -2.13. The van der Waals surface area contributed by atoms with Crippen LogP contribution in [0.3, 0.4) is 0 Å². The molecule has 4 aromatic rings. The minimum Gasteiger partial charge on any atom is -0.504 e. The fourth-order valence-electron chi connectivity index (χ4n) is 4.38. The van der Waals surface area contributed by atoms with E-state index in [1.54, 1.807) is 59.2 Å². The largest absolute Gasteiger partial charge is 0.504 e. The van der Waals surface area contributed by atoms with Gasteiger partial charge in [0.15, 0.2) is 16.7 Å². The number of hydrogen-bond donors (Lipinski definition) is 2. The van der Waals surface area contributed by atoms with Crippen LogP contribution in [0.1, 0.15) is 35.8 Å². The zero-order valence-electron chi connectivity index (χ0n) is 20.8. The third-order valence-corrected chi connectivity index (χ3v) is 8.70. The Morgan fingerprint density at radius 3 is 2.76 bits per heavy atom. The van der Waals surface area contributed by atoms with Gasteiger partial charge in [0, 0.05) is 15.5 Å². The number of ether oxygens (including phenoxy) is 1. The standard InChI is InChI=1S/C27H25ClN4O4S2/c1-15(16-7-12-20(33)21(13-16)36-2)30-31-23(34)14-37-27-29-25-24(19-5-3-4-6-22(19)38-25)26(35)32(27)18-10-8-17(28)9-11-18/h7-13,33H,3-6,14H2,1-2H3,(H,31,34). The smallest absolute Gasteiger partial charge is 0.267 e. The van der Waals surface area contributed by atoms with Crippen molar-refractivity contribution in [2.45, 2.75) is 37.8 Å². The molecule has 2 N–H and O–H groups in total. The topological polar surface area (TPSA) is 106 Å². The predicted molar refractivity (Wildman–Crippen MR) is 153 cm³/mol. The molecule has 11 heteroatoms. The summed E-state index contributed by atoms with van der Waals surface area (Å²) in [6.07, 6.45) is 4.02. The molecule has 0 unspecified atom stereocenters. The van der Waals surface area contributed by atoms with Gasteiger partial charge in [0.25, 0.3) is 11.5 Å². The number of nitrogens with one attached hydrogen (secondary N) is 1. The fraction of sp³-hybridized carbons (Fsp3) is 0.259. The number of phenols is 1. The van der Waals surface area contributed by atoms with Gasteiger partial charge in [0.1, 0.15) is 4.83 Å². The molecule has 2 aromatic carbocycles. The summed E-state index contributed by atoms with van der Waals surface area (Å²) in [7, 11) is 1.46. The maximum Gasteiger partial charge on any atom is 0.267 e. The van der Waals surface area contributed by atoms with Crippen molar-refractivity contribution in [2.24, 2.45) is 5.10 Å². The number of carbonyl (C=O) groups is 1. The van der Waals surface area contributed by atoms with Crippen LogP contribution in [0, 0.1) is 0 Å². The third-order valence-electron chi connectivity index (χ3n) is 6.32. The molecule has 0 saturated carbocycles. The van der Waals surface area contributed by atoms with E-state index in [9.17, 15) is 14.7 Å². The first-order valence-electron chi connectivity index (χ1n) is 12.0. The highest BCUT2D eigenvalue weighted by atomic mass is 35.5. The number of aryl methyl sites for hydroxylation is 2. The Kier molecular flexibility index (Phi) is 7.73. The van der Waals surface area contributed by atoms with E-state index in [4.69, 9.17) is 21.3 Å². The van der Waals surface area contributed by atoms with Gasteiger partial charge in [-0.25, -0.2) is 10.4 Å². The maximum absolute atomic E-state index is 13.8. The molecule has 0 spiro atoms. The third kappa shape index (κ3) is 5.29. The highest BCUT2D eigenvalue weighted by molar-refractivity contribution is 7.99. The molecule has 0 radical (unpaired) electrons. The number of hydrazone groups is 1. The number of carbonyl (C=O) groups excluding carboxylic acids is 1. The number of thiophene rings is 1. The Balaban J connectivity index is 1.41. The van der Waals surface area contributed by atoms with E-state index in [2.05, 4.69) is 10.5 Å². The first-order valence-corrected chi connectivity index (χ1v) is 14.2. The zero-order valence-corrected chi connectivity index (χ0v) is 23.2. The molecular weight excluding hydrogens is 544 g/mol. The highest BCUT2D eigenvalue weighted by Crippen LogP contribution is 2.35. The normalized spacial score (nSPS) is 13.4. The van der Waals surface area contributed by atoms with Gasteiger partial charge in [-0.15, -0.1) is 11.3 Å². The van der Waals surface area contributed by atoms with Crippen LogP contribution in [0.25, 0.3) is 15.9 Å². The Morgan fingerprint density at radius 2 is 2.00 bits per heavy atom. The second-order valence-corrected chi connectivity index (χ2v) is 11.3. The number of thioether (sulfide) groups is 1. The summed E-state index contributed by atoms with van der Waals surface area (Å²) in [5, 5.41) is 15.6. The number of amides is 1. The second kappa shape index (κ2) is 11.2. The number of hydrogen-bond acceptors (Lipinski definition) is 8. The number of methoxy groups -OCH3 is 1. The van der Waals surface area contributed by atoms with Gasteiger partial charge in [-0.3, -0.25) is 14.2 Å². The van der Waals surface area contributed by atoms with Crippen molar-refractivity contribution < 1.29 is 14.6 Å². The molecule has 1 aliphatic carbocycles. The van der Waals surface area contributed by atoms with Crippen molar-refractivity contribution in [3.63, 3.8) is 0 Å². The van der Waals surface area contributed by atoms with Gasteiger partial charge in [-0.1, -0.05) is 23.4 Å². The summed E-state index contributed by atoms with van der Waals surface area (Å²) < 4.78 is 6.70. The quantitative estimate of drug-likeness (QED) is 0.135. The number of benzene rings is 2. The van der Waals surface area contributed by atoms with E-state index in [0.29, 0.717) is 43.1 Å². The molecule has 1 amide bonds. The Bertz CT molecular complexity index is 1610. The van der Waals surface area contributed by atoms with E-state index in [1.807, 2.05) is 0 Å². The molecular formula is C27H25ClN4O4S2. The molecule has 2 heterocycles. The van der Waals surface area contributed by atoms with Crippen molar-refractivity contribution in [2.75, 3.05) is 12.9 Å². The zero-order chi connectivity index (χ0) is 26.8. The van der Waals surface area contributed by atoms with Crippen molar-refractivity contribution >= 4 is 56.5 Å². The molecule has 0 aliphatic heterocycles. The first-order chi connectivity index (χ1) is 18.4. The van der Waals surface area contributed by atoms with Crippen molar-refractivity contribution in [1.29, 1.82) is 0 Å². The van der Waals surface area contributed by atoms with Crippen LogP contribution >= 0.6 is 34.7 Å². The van der Waals surface area contributed by atoms with Gasteiger partial charge in [-0.2, -0.15) is 5.10 Å². The highest BCUT2D eigenvalue weighted by Gasteiger charge is 2.23. The maximum atomic E-state index is 13.8. The summed E-state index contributed by atoms with van der Waals surface area (Å²) >= 11 is 8.84. The van der Waals surface area contributed by atoms with Gasteiger partial charge >= 0.3 is 0 Å². The molecule has 0 fully saturated rings. The lowest BCUT2D eigenvalue weighted by molar-refractivity contribution is -0.118. The van der Waals surface area contributed by atoms with Crippen molar-refractivity contribution in [3.8, 4) is 17.2 Å². The lowest BCUT2D eigenvalue weighted by atomic mass is 9.97. The Labute approximate surface area is 232 Å². The van der Waals surface area contributed by atoms with E-state index >= 15 is 0 Å². The van der Waals surface area contributed by atoms with Gasteiger partial charge in [0.05, 0.1) is 29.6 Å². The summed E-state index contributed by atoms with van der Waals surface area (Å²) in [6.45, 7) is 1.74. The Morgan fingerprint density at radius 1 is 1.24 bits per heavy atom. The number of aromatic hydroxyl groups is 1. The number of rotatable bonds is 7. The summed E-state index contributed by atoms with van der Waals surface area (Å²) in [6, 6.07) is 11.8. The minimum absolute atomic E-state index is 0.00625. The number of fused-ring (bicyclic) bond motifs is 3. The molecule has 1 aliphatic rings. The lowest BCUT2D eigenvalue weighted by Crippen LogP contribution is -2.24. The summed E-state index contributed by atoms with van der Waals surface area (Å²) in [5.41, 5.74) is 5.42. The molecule has 8 nitrogen and oxygen atoms in total. The molecule has 0 atom stereocenters. The van der Waals surface area contributed by atoms with Crippen LogP contribution in [-0.4, -0.2) is 39.1 Å². The van der Waals surface area contributed by atoms with Crippen LogP contribution < -0.4 is 15.7 Å². The predicted octanol–water partition coefficient (Wildman–Crippen LogP) is 5.33. The molecule has 5 rings (SSSR count). The van der Waals surface area contributed by atoms with Crippen LogP contribution in [0.5, 0.6) is 11.5 Å². The number of halogens is 1. The molecule has 196 valence electrons. The van der Waals surface area contributed by atoms with Crippen LogP contribution in [0.15, 0.2) is 57.5 Å². The Hall–Kier alpha value is -3.34. The van der Waals surface area contributed by atoms with Crippen LogP contribution in [-0.2, 0) is 17.6 Å². The second-order valence-electron chi connectivity index (χ2n) is 8.81. The summed E-state index contributed by atoms with van der Waals surface area (Å²) in [5.74, 6) is -0.00238. The minimum atomic E-state index is -0.345. The van der Waals surface area contributed by atoms with Gasteiger partial charge in [0.2, 0.25) is 0 Å². The molecule has 2 aromatic heterocycles. The van der Waals surface area contributed by atoms with E-state index in [1.165, 1.54) is 29.8 Å². The van der Waals surface area contributed by atoms with Crippen molar-refractivity contribution in [1.82, 2.24) is 15.0 Å².